The third-order valence-electron chi connectivity index (χ3n) is 3.51. The van der Waals surface area contributed by atoms with Crippen molar-refractivity contribution in [1.82, 2.24) is 5.32 Å². The zero-order chi connectivity index (χ0) is 12.0. The molecule has 0 unspecified atom stereocenters. The molecule has 0 heterocycles. The minimum absolute atomic E-state index is 0.0309. The lowest BCUT2D eigenvalue weighted by Crippen LogP contribution is -2.46. The van der Waals surface area contributed by atoms with Crippen LogP contribution in [0.1, 0.15) is 52.4 Å². The van der Waals surface area contributed by atoms with Gasteiger partial charge < -0.3 is 11.1 Å². The Morgan fingerprint density at radius 3 is 2.50 bits per heavy atom. The lowest BCUT2D eigenvalue weighted by atomic mass is 9.64. The van der Waals surface area contributed by atoms with Gasteiger partial charge in [-0.1, -0.05) is 20.3 Å². The van der Waals surface area contributed by atoms with Gasteiger partial charge in [0.05, 0.1) is 0 Å². The van der Waals surface area contributed by atoms with Crippen molar-refractivity contribution >= 4 is 5.91 Å². The molecule has 0 spiro atoms. The summed E-state index contributed by atoms with van der Waals surface area (Å²) in [6.07, 6.45) is 6.40. The topological polar surface area (TPSA) is 55.1 Å². The van der Waals surface area contributed by atoms with Crippen molar-refractivity contribution in [1.29, 1.82) is 0 Å². The average molecular weight is 226 g/mol. The van der Waals surface area contributed by atoms with Crippen molar-refractivity contribution in [3.63, 3.8) is 0 Å². The molecule has 1 amide bonds. The van der Waals surface area contributed by atoms with Crippen molar-refractivity contribution < 1.29 is 4.79 Å². The van der Waals surface area contributed by atoms with Crippen LogP contribution in [0.15, 0.2) is 0 Å². The fraction of sp³-hybridized carbons (Fsp3) is 0.923. The third kappa shape index (κ3) is 3.48. The van der Waals surface area contributed by atoms with E-state index in [1.54, 1.807) is 0 Å². The van der Waals surface area contributed by atoms with Crippen molar-refractivity contribution in [3.05, 3.63) is 0 Å². The molecule has 0 aromatic carbocycles. The highest BCUT2D eigenvalue weighted by atomic mass is 16.2. The Morgan fingerprint density at radius 2 is 2.06 bits per heavy atom. The first-order valence-electron chi connectivity index (χ1n) is 6.59. The van der Waals surface area contributed by atoms with E-state index in [1.165, 1.54) is 6.42 Å². The molecule has 3 heteroatoms. The van der Waals surface area contributed by atoms with Crippen LogP contribution in [-0.4, -0.2) is 19.0 Å². The normalized spacial score (nSPS) is 18.2. The number of rotatable bonds is 7. The summed E-state index contributed by atoms with van der Waals surface area (Å²) in [7, 11) is 0. The second-order valence-electron chi connectivity index (χ2n) is 5.48. The van der Waals surface area contributed by atoms with Gasteiger partial charge >= 0.3 is 0 Å². The molecule has 16 heavy (non-hydrogen) atoms. The number of unbranched alkanes of at least 4 members (excludes halogenated alkanes) is 1. The fourth-order valence-corrected chi connectivity index (χ4v) is 2.57. The maximum atomic E-state index is 12.1. The molecular weight excluding hydrogens is 200 g/mol. The molecule has 94 valence electrons. The Bertz CT molecular complexity index is 222. The van der Waals surface area contributed by atoms with Gasteiger partial charge in [0, 0.05) is 12.0 Å². The van der Waals surface area contributed by atoms with Crippen LogP contribution in [-0.2, 0) is 4.79 Å². The van der Waals surface area contributed by atoms with E-state index in [-0.39, 0.29) is 11.3 Å². The lowest BCUT2D eigenvalue weighted by molar-refractivity contribution is -0.137. The summed E-state index contributed by atoms with van der Waals surface area (Å²) in [6, 6.07) is 0. The zero-order valence-corrected chi connectivity index (χ0v) is 10.7. The highest BCUT2D eigenvalue weighted by Gasteiger charge is 2.43. The average Bonchev–Trinajstić information content (AvgIpc) is 2.17. The van der Waals surface area contributed by atoms with Gasteiger partial charge in [-0.05, 0) is 44.6 Å². The molecule has 0 atom stereocenters. The standard InChI is InChI=1S/C13H26N2O/c1-11(2)10-13(6-5-7-13)12(16)15-9-4-3-8-14/h11H,3-10,14H2,1-2H3,(H,15,16). The van der Waals surface area contributed by atoms with E-state index >= 15 is 0 Å². The minimum Gasteiger partial charge on any atom is -0.356 e. The summed E-state index contributed by atoms with van der Waals surface area (Å²) < 4.78 is 0. The maximum Gasteiger partial charge on any atom is 0.226 e. The first-order chi connectivity index (χ1) is 7.60. The Morgan fingerprint density at radius 1 is 1.38 bits per heavy atom. The molecule has 0 aromatic heterocycles. The highest BCUT2D eigenvalue weighted by molar-refractivity contribution is 5.83. The summed E-state index contributed by atoms with van der Waals surface area (Å²) in [5.41, 5.74) is 5.39. The summed E-state index contributed by atoms with van der Waals surface area (Å²) in [5.74, 6) is 0.888. The predicted molar refractivity (Wildman–Crippen MR) is 67.0 cm³/mol. The van der Waals surface area contributed by atoms with Crippen molar-refractivity contribution in [2.75, 3.05) is 13.1 Å². The number of amides is 1. The van der Waals surface area contributed by atoms with Crippen molar-refractivity contribution in [2.24, 2.45) is 17.1 Å². The van der Waals surface area contributed by atoms with E-state index in [9.17, 15) is 4.79 Å². The Kier molecular flexibility index (Phi) is 5.26. The molecule has 1 saturated carbocycles. The fourth-order valence-electron chi connectivity index (χ4n) is 2.57. The summed E-state index contributed by atoms with van der Waals surface area (Å²) in [6.45, 7) is 5.90. The monoisotopic (exact) mass is 226 g/mol. The summed E-state index contributed by atoms with van der Waals surface area (Å²) in [5, 5.41) is 3.07. The SMILES string of the molecule is CC(C)CC1(C(=O)NCCCCN)CCC1. The second kappa shape index (κ2) is 6.24. The molecule has 1 aliphatic carbocycles. The second-order valence-corrected chi connectivity index (χ2v) is 5.48. The zero-order valence-electron chi connectivity index (χ0n) is 10.7. The van der Waals surface area contributed by atoms with Crippen LogP contribution in [0, 0.1) is 11.3 Å². The van der Waals surface area contributed by atoms with E-state index < -0.39 is 0 Å². The van der Waals surface area contributed by atoms with Crippen LogP contribution < -0.4 is 11.1 Å². The molecule has 1 fully saturated rings. The summed E-state index contributed by atoms with van der Waals surface area (Å²) >= 11 is 0. The van der Waals surface area contributed by atoms with Gasteiger partial charge in [-0.3, -0.25) is 4.79 Å². The van der Waals surface area contributed by atoms with Gasteiger partial charge in [0.1, 0.15) is 0 Å². The van der Waals surface area contributed by atoms with E-state index in [1.807, 2.05) is 0 Å². The Hall–Kier alpha value is -0.570. The van der Waals surface area contributed by atoms with Gasteiger partial charge in [-0.25, -0.2) is 0 Å². The molecule has 3 N–H and O–H groups in total. The molecule has 0 radical (unpaired) electrons. The first kappa shape index (κ1) is 13.5. The van der Waals surface area contributed by atoms with Crippen LogP contribution >= 0.6 is 0 Å². The first-order valence-corrected chi connectivity index (χ1v) is 6.59. The number of carbonyl (C=O) groups is 1. The number of nitrogens with one attached hydrogen (secondary N) is 1. The molecule has 0 saturated heterocycles. The van der Waals surface area contributed by atoms with E-state index in [0.717, 1.165) is 38.6 Å². The van der Waals surface area contributed by atoms with Crippen LogP contribution in [0.4, 0.5) is 0 Å². The van der Waals surface area contributed by atoms with E-state index in [0.29, 0.717) is 12.5 Å². The highest BCUT2D eigenvalue weighted by Crippen LogP contribution is 2.46. The van der Waals surface area contributed by atoms with Gasteiger partial charge in [0.15, 0.2) is 0 Å². The van der Waals surface area contributed by atoms with Crippen LogP contribution in [0.5, 0.6) is 0 Å². The molecule has 3 nitrogen and oxygen atoms in total. The van der Waals surface area contributed by atoms with Crippen LogP contribution in [0.3, 0.4) is 0 Å². The maximum absolute atomic E-state index is 12.1. The largest absolute Gasteiger partial charge is 0.356 e. The molecule has 0 aromatic rings. The molecule has 1 rings (SSSR count). The van der Waals surface area contributed by atoms with E-state index in [2.05, 4.69) is 19.2 Å². The predicted octanol–water partition coefficient (Wildman–Crippen LogP) is 2.06. The number of hydrogen-bond acceptors (Lipinski definition) is 2. The number of hydrogen-bond donors (Lipinski definition) is 2. The van der Waals surface area contributed by atoms with Crippen molar-refractivity contribution in [2.45, 2.75) is 52.4 Å². The van der Waals surface area contributed by atoms with Gasteiger partial charge in [-0.2, -0.15) is 0 Å². The van der Waals surface area contributed by atoms with Gasteiger partial charge in [0.25, 0.3) is 0 Å². The Labute approximate surface area is 99.2 Å². The minimum atomic E-state index is -0.0309. The quantitative estimate of drug-likeness (QED) is 0.653. The van der Waals surface area contributed by atoms with Crippen molar-refractivity contribution in [3.8, 4) is 0 Å². The number of nitrogens with two attached hydrogens (primary N) is 1. The van der Waals surface area contributed by atoms with Gasteiger partial charge in [-0.15, -0.1) is 0 Å². The lowest BCUT2D eigenvalue weighted by Gasteiger charge is -2.41. The Balaban J connectivity index is 2.32. The molecular formula is C13H26N2O. The third-order valence-corrected chi connectivity index (χ3v) is 3.51. The van der Waals surface area contributed by atoms with Gasteiger partial charge in [0.2, 0.25) is 5.91 Å². The molecule has 0 aliphatic heterocycles. The summed E-state index contributed by atoms with van der Waals surface area (Å²) in [4.78, 5) is 12.1. The molecule has 1 aliphatic rings. The molecule has 0 bridgehead atoms. The van der Waals surface area contributed by atoms with Crippen LogP contribution in [0.25, 0.3) is 0 Å². The van der Waals surface area contributed by atoms with E-state index in [4.69, 9.17) is 5.73 Å². The van der Waals surface area contributed by atoms with Crippen LogP contribution in [0.2, 0.25) is 0 Å². The number of carbonyl (C=O) groups excluding carboxylic acids is 1. The smallest absolute Gasteiger partial charge is 0.226 e.